The number of hydrogen-bond acceptors (Lipinski definition) is 3. The number of aliphatic carboxylic acids is 1. The van der Waals surface area contributed by atoms with E-state index >= 15 is 0 Å². The number of fused-ring (bicyclic) bond motifs is 1. The molecule has 0 amide bonds. The monoisotopic (exact) mass is 234 g/mol. The highest BCUT2D eigenvalue weighted by Gasteiger charge is 2.10. The average molecular weight is 234 g/mol. The number of rotatable bonds is 3. The Hall–Kier alpha value is -2.17. The summed E-state index contributed by atoms with van der Waals surface area (Å²) in [7, 11) is 0. The molecule has 0 aliphatic heterocycles. The van der Waals surface area contributed by atoms with Crippen molar-refractivity contribution < 1.29 is 14.3 Å². The molecule has 2 rings (SSSR count). The molecule has 1 atom stereocenters. The van der Waals surface area contributed by atoms with Crippen LogP contribution in [0, 0.1) is 5.82 Å². The molecule has 4 nitrogen and oxygen atoms in total. The molecule has 5 heteroatoms. The van der Waals surface area contributed by atoms with Gasteiger partial charge in [0.15, 0.2) is 0 Å². The fourth-order valence-electron chi connectivity index (χ4n) is 1.45. The molecule has 1 heterocycles. The lowest BCUT2D eigenvalue weighted by molar-refractivity contribution is -0.137. The smallest absolute Gasteiger partial charge is 0.325 e. The molecule has 0 radical (unpaired) electrons. The largest absolute Gasteiger partial charge is 0.480 e. The van der Waals surface area contributed by atoms with E-state index in [1.165, 1.54) is 19.1 Å². The second kappa shape index (κ2) is 4.37. The Labute approximate surface area is 97.1 Å². The van der Waals surface area contributed by atoms with Crippen LogP contribution in [0.5, 0.6) is 0 Å². The lowest BCUT2D eigenvalue weighted by Gasteiger charge is -2.10. The van der Waals surface area contributed by atoms with Crippen LogP contribution in [0.4, 0.5) is 10.2 Å². The van der Waals surface area contributed by atoms with Crippen LogP contribution >= 0.6 is 0 Å². The van der Waals surface area contributed by atoms with E-state index in [0.717, 1.165) is 5.39 Å². The minimum atomic E-state index is -0.967. The molecular weight excluding hydrogens is 223 g/mol. The van der Waals surface area contributed by atoms with Crippen LogP contribution < -0.4 is 5.32 Å². The summed E-state index contributed by atoms with van der Waals surface area (Å²) < 4.78 is 13.0. The van der Waals surface area contributed by atoms with Crippen molar-refractivity contribution in [2.75, 3.05) is 5.32 Å². The second-order valence-electron chi connectivity index (χ2n) is 3.74. The number of carbonyl (C=O) groups is 1. The Balaban J connectivity index is 2.33. The lowest BCUT2D eigenvalue weighted by atomic mass is 10.2. The molecular formula is C12H11FN2O2. The quantitative estimate of drug-likeness (QED) is 0.855. The first kappa shape index (κ1) is 11.3. The Morgan fingerprint density at radius 3 is 2.82 bits per heavy atom. The Morgan fingerprint density at radius 2 is 2.12 bits per heavy atom. The highest BCUT2D eigenvalue weighted by Crippen LogP contribution is 2.16. The average Bonchev–Trinajstić information content (AvgIpc) is 2.28. The van der Waals surface area contributed by atoms with E-state index < -0.39 is 12.0 Å². The van der Waals surface area contributed by atoms with Crippen LogP contribution in [-0.4, -0.2) is 22.1 Å². The second-order valence-corrected chi connectivity index (χ2v) is 3.74. The van der Waals surface area contributed by atoms with Crippen molar-refractivity contribution in [1.82, 2.24) is 4.98 Å². The third-order valence-electron chi connectivity index (χ3n) is 2.39. The predicted octanol–water partition coefficient (Wildman–Crippen LogP) is 2.26. The maximum absolute atomic E-state index is 13.0. The van der Waals surface area contributed by atoms with Crippen LogP contribution in [0.3, 0.4) is 0 Å². The number of halogens is 1. The number of benzene rings is 1. The molecule has 0 spiro atoms. The van der Waals surface area contributed by atoms with E-state index in [1.807, 2.05) is 0 Å². The Kier molecular flexibility index (Phi) is 2.91. The van der Waals surface area contributed by atoms with Crippen molar-refractivity contribution in [3.05, 3.63) is 36.1 Å². The first-order valence-corrected chi connectivity index (χ1v) is 5.12. The van der Waals surface area contributed by atoms with Gasteiger partial charge in [-0.05, 0) is 31.2 Å². The molecule has 88 valence electrons. The molecule has 1 aromatic heterocycles. The zero-order chi connectivity index (χ0) is 12.4. The minimum absolute atomic E-state index is 0.367. The minimum Gasteiger partial charge on any atom is -0.480 e. The van der Waals surface area contributed by atoms with Crippen LogP contribution in [0.2, 0.25) is 0 Å². The van der Waals surface area contributed by atoms with Gasteiger partial charge in [0.2, 0.25) is 0 Å². The van der Waals surface area contributed by atoms with Gasteiger partial charge in [-0.15, -0.1) is 0 Å². The summed E-state index contributed by atoms with van der Waals surface area (Å²) in [6, 6.07) is 6.98. The molecule has 0 saturated heterocycles. The Morgan fingerprint density at radius 1 is 1.41 bits per heavy atom. The predicted molar refractivity (Wildman–Crippen MR) is 62.4 cm³/mol. The summed E-state index contributed by atoms with van der Waals surface area (Å²) >= 11 is 0. The summed E-state index contributed by atoms with van der Waals surface area (Å²) in [4.78, 5) is 14.8. The molecule has 2 N–H and O–H groups in total. The third kappa shape index (κ3) is 2.50. The highest BCUT2D eigenvalue weighted by molar-refractivity contribution is 5.81. The van der Waals surface area contributed by atoms with Crippen LogP contribution in [0.15, 0.2) is 30.3 Å². The van der Waals surface area contributed by atoms with Gasteiger partial charge >= 0.3 is 5.97 Å². The van der Waals surface area contributed by atoms with Crippen molar-refractivity contribution >= 4 is 22.7 Å². The van der Waals surface area contributed by atoms with Gasteiger partial charge in [-0.1, -0.05) is 0 Å². The fourth-order valence-corrected chi connectivity index (χ4v) is 1.45. The van der Waals surface area contributed by atoms with Gasteiger partial charge in [0, 0.05) is 11.5 Å². The zero-order valence-corrected chi connectivity index (χ0v) is 9.14. The standard InChI is InChI=1S/C12H11FN2O2/c1-7(12(16)17)14-11-5-3-8-2-4-9(13)6-10(8)15-11/h2-7H,1H3,(H,14,15)(H,16,17). The summed E-state index contributed by atoms with van der Waals surface area (Å²) in [5, 5.41) is 12.3. The van der Waals surface area contributed by atoms with E-state index in [2.05, 4.69) is 10.3 Å². The van der Waals surface area contributed by atoms with Crippen molar-refractivity contribution in [3.8, 4) is 0 Å². The van der Waals surface area contributed by atoms with E-state index in [1.54, 1.807) is 18.2 Å². The van der Waals surface area contributed by atoms with Gasteiger partial charge in [-0.2, -0.15) is 0 Å². The van der Waals surface area contributed by atoms with Gasteiger partial charge in [0.05, 0.1) is 5.52 Å². The zero-order valence-electron chi connectivity index (χ0n) is 9.14. The molecule has 2 aromatic rings. The van der Waals surface area contributed by atoms with Gasteiger partial charge in [0.25, 0.3) is 0 Å². The maximum atomic E-state index is 13.0. The van der Waals surface area contributed by atoms with Gasteiger partial charge in [-0.3, -0.25) is 4.79 Å². The summed E-state index contributed by atoms with van der Waals surface area (Å²) in [6.07, 6.45) is 0. The molecule has 0 fully saturated rings. The van der Waals surface area contributed by atoms with Gasteiger partial charge in [0.1, 0.15) is 17.7 Å². The number of carboxylic acid groups (broad SMARTS) is 1. The van der Waals surface area contributed by atoms with Crippen molar-refractivity contribution in [1.29, 1.82) is 0 Å². The fraction of sp³-hybridized carbons (Fsp3) is 0.167. The number of aromatic nitrogens is 1. The van der Waals surface area contributed by atoms with E-state index in [0.29, 0.717) is 11.3 Å². The lowest BCUT2D eigenvalue weighted by Crippen LogP contribution is -2.25. The molecule has 0 aliphatic rings. The SMILES string of the molecule is CC(Nc1ccc2ccc(F)cc2n1)C(=O)O. The number of hydrogen-bond donors (Lipinski definition) is 2. The van der Waals surface area contributed by atoms with E-state index in [4.69, 9.17) is 5.11 Å². The number of anilines is 1. The molecule has 0 aliphatic carbocycles. The first-order valence-electron chi connectivity index (χ1n) is 5.12. The molecule has 0 bridgehead atoms. The molecule has 17 heavy (non-hydrogen) atoms. The first-order chi connectivity index (χ1) is 8.06. The number of nitrogens with one attached hydrogen (secondary N) is 1. The Bertz CT molecular complexity index is 571. The topological polar surface area (TPSA) is 62.2 Å². The summed E-state index contributed by atoms with van der Waals surface area (Å²) in [5.41, 5.74) is 0.493. The normalized spacial score (nSPS) is 12.4. The van der Waals surface area contributed by atoms with Crippen LogP contribution in [0.25, 0.3) is 10.9 Å². The van der Waals surface area contributed by atoms with Crippen molar-refractivity contribution in [3.63, 3.8) is 0 Å². The number of pyridine rings is 1. The van der Waals surface area contributed by atoms with Crippen molar-refractivity contribution in [2.24, 2.45) is 0 Å². The van der Waals surface area contributed by atoms with E-state index in [-0.39, 0.29) is 5.82 Å². The molecule has 1 unspecified atom stereocenters. The summed E-state index contributed by atoms with van der Waals surface area (Å²) in [5.74, 6) is -0.919. The molecule has 1 aromatic carbocycles. The van der Waals surface area contributed by atoms with Crippen LogP contribution in [-0.2, 0) is 4.79 Å². The van der Waals surface area contributed by atoms with Crippen molar-refractivity contribution in [2.45, 2.75) is 13.0 Å². The van der Waals surface area contributed by atoms with Crippen LogP contribution in [0.1, 0.15) is 6.92 Å². The number of carboxylic acids is 1. The summed E-state index contributed by atoms with van der Waals surface area (Å²) in [6.45, 7) is 1.51. The van der Waals surface area contributed by atoms with E-state index in [9.17, 15) is 9.18 Å². The maximum Gasteiger partial charge on any atom is 0.325 e. The highest BCUT2D eigenvalue weighted by atomic mass is 19.1. The molecule has 0 saturated carbocycles. The number of nitrogens with zero attached hydrogens (tertiary/aromatic N) is 1. The van der Waals surface area contributed by atoms with Gasteiger partial charge in [-0.25, -0.2) is 9.37 Å². The van der Waals surface area contributed by atoms with Gasteiger partial charge < -0.3 is 10.4 Å². The third-order valence-corrected chi connectivity index (χ3v) is 2.39.